The molecule has 0 bridgehead atoms. The van der Waals surface area contributed by atoms with Gasteiger partial charge in [-0.05, 0) is 56.5 Å². The number of carbonyl (C=O) groups is 2. The molecule has 1 aliphatic heterocycles. The predicted molar refractivity (Wildman–Crippen MR) is 118 cm³/mol. The van der Waals surface area contributed by atoms with Gasteiger partial charge in [-0.2, -0.15) is 0 Å². The third-order valence-electron chi connectivity index (χ3n) is 5.79. The molecule has 2 aromatic rings. The first-order chi connectivity index (χ1) is 14.2. The molecular weight excluding hydrogens is 380 g/mol. The SMILES string of the molecule is C=CC(=O)N1CC[C@@H](N(C)c2cnc(C(N)=O)c(Nc3ccc(C)c(C)c3)n2)[C@H]1C. The number of nitrogens with one attached hydrogen (secondary N) is 1. The van der Waals surface area contributed by atoms with Crippen molar-refractivity contribution in [2.45, 2.75) is 39.3 Å². The van der Waals surface area contributed by atoms with Crippen molar-refractivity contribution < 1.29 is 9.59 Å². The monoisotopic (exact) mass is 408 g/mol. The molecule has 2 amide bonds. The number of likely N-dealkylation sites (tertiary alicyclic amines) is 1. The normalized spacial score (nSPS) is 18.2. The average Bonchev–Trinajstić information content (AvgIpc) is 3.10. The van der Waals surface area contributed by atoms with E-state index in [1.165, 1.54) is 17.8 Å². The topological polar surface area (TPSA) is 104 Å². The number of rotatable bonds is 6. The zero-order chi connectivity index (χ0) is 22.0. The van der Waals surface area contributed by atoms with Crippen molar-refractivity contribution in [3.05, 3.63) is 53.9 Å². The second-order valence-electron chi connectivity index (χ2n) is 7.66. The van der Waals surface area contributed by atoms with Gasteiger partial charge in [-0.25, -0.2) is 9.97 Å². The van der Waals surface area contributed by atoms with E-state index in [1.54, 1.807) is 4.90 Å². The number of nitrogens with zero attached hydrogens (tertiary/aromatic N) is 4. The van der Waals surface area contributed by atoms with Gasteiger partial charge in [0.25, 0.3) is 5.91 Å². The average molecular weight is 409 g/mol. The number of likely N-dealkylation sites (N-methyl/N-ethyl adjacent to an activating group) is 1. The Labute approximate surface area is 176 Å². The molecule has 8 nitrogen and oxygen atoms in total. The van der Waals surface area contributed by atoms with Gasteiger partial charge >= 0.3 is 0 Å². The van der Waals surface area contributed by atoms with Gasteiger partial charge in [-0.3, -0.25) is 9.59 Å². The highest BCUT2D eigenvalue weighted by molar-refractivity contribution is 5.96. The molecule has 3 N–H and O–H groups in total. The molecule has 1 saturated heterocycles. The van der Waals surface area contributed by atoms with E-state index in [4.69, 9.17) is 5.73 Å². The van der Waals surface area contributed by atoms with Crippen LogP contribution < -0.4 is 16.0 Å². The fourth-order valence-electron chi connectivity index (χ4n) is 3.81. The third kappa shape index (κ3) is 4.12. The van der Waals surface area contributed by atoms with E-state index in [-0.39, 0.29) is 23.7 Å². The number of nitrogens with two attached hydrogens (primary N) is 1. The largest absolute Gasteiger partial charge is 0.364 e. The highest BCUT2D eigenvalue weighted by Gasteiger charge is 2.36. The Morgan fingerprint density at radius 1 is 1.33 bits per heavy atom. The smallest absolute Gasteiger partial charge is 0.271 e. The van der Waals surface area contributed by atoms with E-state index in [2.05, 4.69) is 21.9 Å². The lowest BCUT2D eigenvalue weighted by Gasteiger charge is -2.31. The van der Waals surface area contributed by atoms with Crippen molar-refractivity contribution in [2.24, 2.45) is 5.73 Å². The first-order valence-corrected chi connectivity index (χ1v) is 9.90. The van der Waals surface area contributed by atoms with Crippen LogP contribution in [0.2, 0.25) is 0 Å². The van der Waals surface area contributed by atoms with E-state index in [0.717, 1.165) is 17.7 Å². The lowest BCUT2D eigenvalue weighted by molar-refractivity contribution is -0.126. The van der Waals surface area contributed by atoms with Gasteiger partial charge in [0.15, 0.2) is 11.5 Å². The second kappa shape index (κ2) is 8.52. The molecule has 0 saturated carbocycles. The summed E-state index contributed by atoms with van der Waals surface area (Å²) in [5, 5.41) is 3.18. The van der Waals surface area contributed by atoms with E-state index < -0.39 is 5.91 Å². The Kier molecular flexibility index (Phi) is 6.05. The summed E-state index contributed by atoms with van der Waals surface area (Å²) >= 11 is 0. The van der Waals surface area contributed by atoms with Gasteiger partial charge in [-0.15, -0.1) is 0 Å². The first kappa shape index (κ1) is 21.3. The van der Waals surface area contributed by atoms with Crippen LogP contribution in [0.1, 0.15) is 35.0 Å². The summed E-state index contributed by atoms with van der Waals surface area (Å²) in [7, 11) is 1.91. The van der Waals surface area contributed by atoms with Crippen LogP contribution in [0, 0.1) is 13.8 Å². The summed E-state index contributed by atoms with van der Waals surface area (Å²) in [6.07, 6.45) is 3.68. The molecule has 0 aliphatic carbocycles. The number of amides is 2. The number of hydrogen-bond donors (Lipinski definition) is 2. The van der Waals surface area contributed by atoms with Crippen LogP contribution >= 0.6 is 0 Å². The maximum atomic E-state index is 12.1. The highest BCUT2D eigenvalue weighted by atomic mass is 16.2. The summed E-state index contributed by atoms with van der Waals surface area (Å²) in [6, 6.07) is 5.96. The van der Waals surface area contributed by atoms with Crippen molar-refractivity contribution in [3.8, 4) is 0 Å². The fourth-order valence-corrected chi connectivity index (χ4v) is 3.81. The summed E-state index contributed by atoms with van der Waals surface area (Å²) in [6.45, 7) is 10.3. The van der Waals surface area contributed by atoms with E-state index >= 15 is 0 Å². The number of benzene rings is 1. The number of aromatic nitrogens is 2. The Morgan fingerprint density at radius 3 is 2.70 bits per heavy atom. The van der Waals surface area contributed by atoms with Crippen molar-refractivity contribution >= 4 is 29.1 Å². The maximum Gasteiger partial charge on any atom is 0.271 e. The van der Waals surface area contributed by atoms with Gasteiger partial charge in [0, 0.05) is 25.3 Å². The Bertz CT molecular complexity index is 990. The van der Waals surface area contributed by atoms with E-state index in [9.17, 15) is 9.59 Å². The number of hydrogen-bond acceptors (Lipinski definition) is 6. The van der Waals surface area contributed by atoms with Crippen molar-refractivity contribution in [1.29, 1.82) is 0 Å². The number of anilines is 3. The minimum atomic E-state index is -0.653. The quantitative estimate of drug-likeness (QED) is 0.712. The van der Waals surface area contributed by atoms with E-state index in [0.29, 0.717) is 18.2 Å². The molecule has 8 heteroatoms. The van der Waals surface area contributed by atoms with Crippen molar-refractivity contribution in [3.63, 3.8) is 0 Å². The summed E-state index contributed by atoms with van der Waals surface area (Å²) in [4.78, 5) is 36.6. The van der Waals surface area contributed by atoms with Crippen LogP contribution in [0.15, 0.2) is 37.1 Å². The molecule has 0 spiro atoms. The zero-order valence-electron chi connectivity index (χ0n) is 17.8. The Balaban J connectivity index is 1.90. The second-order valence-corrected chi connectivity index (χ2v) is 7.66. The van der Waals surface area contributed by atoms with Crippen LogP contribution in [-0.2, 0) is 4.79 Å². The van der Waals surface area contributed by atoms with Crippen LogP contribution in [0.25, 0.3) is 0 Å². The predicted octanol–water partition coefficient (Wildman–Crippen LogP) is 2.55. The molecule has 1 aromatic heterocycles. The minimum absolute atomic E-state index is 0.00530. The van der Waals surface area contributed by atoms with Crippen LogP contribution in [0.5, 0.6) is 0 Å². The molecule has 2 atom stereocenters. The number of aryl methyl sites for hydroxylation is 2. The molecule has 1 fully saturated rings. The van der Waals surface area contributed by atoms with Gasteiger partial charge in [0.2, 0.25) is 5.91 Å². The molecule has 3 rings (SSSR count). The molecule has 0 unspecified atom stereocenters. The summed E-state index contributed by atoms with van der Waals surface area (Å²) in [5.41, 5.74) is 8.68. The molecule has 0 radical (unpaired) electrons. The van der Waals surface area contributed by atoms with Gasteiger partial charge in [0.1, 0.15) is 5.82 Å². The van der Waals surface area contributed by atoms with Crippen LogP contribution in [-0.4, -0.2) is 52.4 Å². The molecule has 158 valence electrons. The van der Waals surface area contributed by atoms with Gasteiger partial charge in [-0.1, -0.05) is 12.6 Å². The Hall–Kier alpha value is -3.42. The van der Waals surface area contributed by atoms with Crippen molar-refractivity contribution in [1.82, 2.24) is 14.9 Å². The minimum Gasteiger partial charge on any atom is -0.364 e. The first-order valence-electron chi connectivity index (χ1n) is 9.90. The van der Waals surface area contributed by atoms with Crippen molar-refractivity contribution in [2.75, 3.05) is 23.8 Å². The number of primary amides is 1. The zero-order valence-corrected chi connectivity index (χ0v) is 17.8. The Morgan fingerprint density at radius 2 is 2.07 bits per heavy atom. The molecule has 1 aliphatic rings. The molecule has 30 heavy (non-hydrogen) atoms. The lowest BCUT2D eigenvalue weighted by atomic mass is 10.1. The highest BCUT2D eigenvalue weighted by Crippen LogP contribution is 2.28. The third-order valence-corrected chi connectivity index (χ3v) is 5.79. The van der Waals surface area contributed by atoms with Gasteiger partial charge in [0.05, 0.1) is 12.2 Å². The molecule has 2 heterocycles. The molecule has 1 aromatic carbocycles. The maximum absolute atomic E-state index is 12.1. The molecular formula is C22H28N6O2. The lowest BCUT2D eigenvalue weighted by Crippen LogP contribution is -2.43. The van der Waals surface area contributed by atoms with Gasteiger partial charge < -0.3 is 20.9 Å². The standard InChI is InChI=1S/C22H28N6O2/c1-6-19(29)28-10-9-17(15(28)4)27(5)18-12-24-20(21(23)30)22(26-18)25-16-8-7-13(2)14(3)11-16/h6-8,11-12,15,17H,1,9-10H2,2-5H3,(H2,23,30)(H,25,26)/t15-,17-/m1/s1. The number of carbonyl (C=O) groups excluding carboxylic acids is 2. The van der Waals surface area contributed by atoms with Crippen LogP contribution in [0.3, 0.4) is 0 Å². The summed E-state index contributed by atoms with van der Waals surface area (Å²) < 4.78 is 0. The summed E-state index contributed by atoms with van der Waals surface area (Å²) in [5.74, 6) is 0.168. The van der Waals surface area contributed by atoms with E-state index in [1.807, 2.05) is 50.9 Å². The van der Waals surface area contributed by atoms with Crippen LogP contribution in [0.4, 0.5) is 17.3 Å². The fraction of sp³-hybridized carbons (Fsp3) is 0.364.